The molecule has 3 saturated heterocycles. The monoisotopic (exact) mass is 1070 g/mol. The molecule has 0 bridgehead atoms. The van der Waals surface area contributed by atoms with Gasteiger partial charge in [-0.05, 0) is 175 Å². The summed E-state index contributed by atoms with van der Waals surface area (Å²) in [4.78, 5) is 63.9. The number of aromatic nitrogens is 1. The minimum Gasteiger partial charge on any atom is -0.491 e. The molecule has 3 amide bonds. The maximum Gasteiger partial charge on any atom is 0.253 e. The molecule has 1 aromatic heterocycles. The van der Waals surface area contributed by atoms with Crippen molar-refractivity contribution in [1.82, 2.24) is 30.7 Å². The van der Waals surface area contributed by atoms with Gasteiger partial charge in [0, 0.05) is 80.5 Å². The number of nitrogens with zero attached hydrogens (tertiary/aromatic N) is 3. The first-order valence-electron chi connectivity index (χ1n) is 29.0. The van der Waals surface area contributed by atoms with E-state index < -0.39 is 6.04 Å². The van der Waals surface area contributed by atoms with Crippen molar-refractivity contribution in [3.8, 4) is 22.6 Å². The summed E-state index contributed by atoms with van der Waals surface area (Å²) < 4.78 is 29.3. The van der Waals surface area contributed by atoms with E-state index in [4.69, 9.17) is 23.7 Å². The van der Waals surface area contributed by atoms with Crippen LogP contribution in [-0.2, 0) is 36.8 Å². The zero-order valence-electron chi connectivity index (χ0n) is 47.3. The predicted octanol–water partition coefficient (Wildman–Crippen LogP) is 7.53. The third kappa shape index (κ3) is 15.5. The number of hydrogen-bond acceptors (Lipinski definition) is 12. The number of carbonyl (C=O) groups is 3. The van der Waals surface area contributed by atoms with E-state index in [0.29, 0.717) is 75.9 Å². The minimum absolute atomic E-state index is 0.0959. The van der Waals surface area contributed by atoms with Crippen molar-refractivity contribution in [2.45, 2.75) is 130 Å². The zero-order valence-corrected chi connectivity index (χ0v) is 47.3. The number of rotatable bonds is 26. The van der Waals surface area contributed by atoms with Gasteiger partial charge < -0.3 is 59.3 Å². The van der Waals surface area contributed by atoms with Crippen molar-refractivity contribution >= 4 is 23.4 Å². The van der Waals surface area contributed by atoms with Gasteiger partial charge in [-0.15, -0.1) is 0 Å². The Morgan fingerprint density at radius 1 is 0.795 bits per heavy atom. The van der Waals surface area contributed by atoms with Crippen molar-refractivity contribution < 1.29 is 38.1 Å². The number of ether oxygens (including phenoxy) is 5. The molecular weight excluding hydrogens is 987 g/mol. The topological polar surface area (TPSA) is 176 Å². The van der Waals surface area contributed by atoms with Crippen LogP contribution in [0, 0.1) is 32.6 Å². The van der Waals surface area contributed by atoms with E-state index in [1.54, 1.807) is 7.05 Å². The van der Waals surface area contributed by atoms with E-state index in [1.165, 1.54) is 12.0 Å². The van der Waals surface area contributed by atoms with E-state index >= 15 is 0 Å². The van der Waals surface area contributed by atoms with Crippen LogP contribution in [0.3, 0.4) is 0 Å². The largest absolute Gasteiger partial charge is 0.491 e. The first kappa shape index (κ1) is 58.4. The van der Waals surface area contributed by atoms with Crippen LogP contribution in [0.4, 0.5) is 5.69 Å². The molecule has 78 heavy (non-hydrogen) atoms. The Bertz CT molecular complexity index is 2630. The summed E-state index contributed by atoms with van der Waals surface area (Å²) in [5, 5.41) is 9.26. The highest BCUT2D eigenvalue weighted by Gasteiger charge is 2.44. The summed E-state index contributed by atoms with van der Waals surface area (Å²) in [5.74, 6) is 2.05. The summed E-state index contributed by atoms with van der Waals surface area (Å²) in [6, 6.07) is 22.0. The lowest BCUT2D eigenvalue weighted by Crippen LogP contribution is -2.58. The van der Waals surface area contributed by atoms with Gasteiger partial charge in [-0.2, -0.15) is 0 Å². The molecule has 0 spiro atoms. The molecule has 8 rings (SSSR count). The number of likely N-dealkylation sites (N-methyl/N-ethyl adjacent to an activating group) is 1. The molecule has 1 saturated carbocycles. The van der Waals surface area contributed by atoms with Crippen molar-refractivity contribution in [3.05, 3.63) is 111 Å². The number of likely N-dealkylation sites (tertiary alicyclic amines) is 2. The zero-order chi connectivity index (χ0) is 55.0. The summed E-state index contributed by atoms with van der Waals surface area (Å²) >= 11 is 0. The van der Waals surface area contributed by atoms with Crippen molar-refractivity contribution in [3.63, 3.8) is 0 Å². The van der Waals surface area contributed by atoms with Crippen LogP contribution in [0.1, 0.15) is 110 Å². The van der Waals surface area contributed by atoms with Crippen LogP contribution < -0.4 is 35.9 Å². The highest BCUT2D eigenvalue weighted by atomic mass is 16.6. The lowest BCUT2D eigenvalue weighted by Gasteiger charge is -2.41. The Morgan fingerprint density at radius 2 is 1.45 bits per heavy atom. The number of piperidine rings is 1. The third-order valence-electron chi connectivity index (χ3n) is 16.8. The average Bonchev–Trinajstić information content (AvgIpc) is 3.90. The van der Waals surface area contributed by atoms with Gasteiger partial charge in [0.05, 0.1) is 32.5 Å². The standard InChI is InChI=1S/C62H87N7O9/c1-7-68(51-24-29-74-30-25-51)56-39-50(38-54(44(56)4)60(71)64-40-55-42(2)37-43(3)65-61(55)72)47-15-19-53(20-16-47)78-36-34-76-32-31-75-33-35-77-52-17-13-46(14-18-52)21-26-67-27-22-48-23-28-69(57(48)41-67)62(73)58(49-11-9-8-10-12-49)66-59(70)45(5)63-6/h13-20,37-39,45,48-49,51,57-58,63H,7-12,21-36,40-41H2,1-6H3,(H,64,71)(H,65,72)(H,66,70)/t45?,48-,57-,58?/m1/s1. The molecule has 3 aliphatic heterocycles. The van der Waals surface area contributed by atoms with Gasteiger partial charge in [0.25, 0.3) is 11.5 Å². The number of carbonyl (C=O) groups excluding carboxylic acids is 3. The van der Waals surface area contributed by atoms with Crippen molar-refractivity contribution in [2.24, 2.45) is 11.8 Å². The molecule has 16 nitrogen and oxygen atoms in total. The number of aromatic amines is 1. The summed E-state index contributed by atoms with van der Waals surface area (Å²) in [5.41, 5.74) is 7.61. The van der Waals surface area contributed by atoms with Crippen LogP contribution >= 0.6 is 0 Å². The van der Waals surface area contributed by atoms with E-state index in [-0.39, 0.29) is 47.8 Å². The number of benzene rings is 3. The fraction of sp³-hybridized carbons (Fsp3) is 0.581. The summed E-state index contributed by atoms with van der Waals surface area (Å²) in [6.45, 7) is 18.3. The van der Waals surface area contributed by atoms with E-state index in [2.05, 4.69) is 60.8 Å². The van der Waals surface area contributed by atoms with Gasteiger partial charge in [0.15, 0.2) is 0 Å². The lowest BCUT2D eigenvalue weighted by molar-refractivity contribution is -0.140. The van der Waals surface area contributed by atoms with Crippen LogP contribution in [0.15, 0.2) is 71.5 Å². The quantitative estimate of drug-likeness (QED) is 0.0456. The Labute approximate surface area is 462 Å². The number of fused-ring (bicyclic) bond motifs is 1. The first-order chi connectivity index (χ1) is 37.9. The van der Waals surface area contributed by atoms with Gasteiger partial charge in [0.2, 0.25) is 11.8 Å². The molecule has 3 aromatic carbocycles. The SMILES string of the molecule is CCN(c1cc(-c2ccc(OCCOCCOCCOc3ccc(CCN4CC[C@@H]5CCN(C(=O)C(NC(=O)C(C)NC)C6CCCCC6)[C@@H]5C4)cc3)cc2)cc(C(=O)NCc2c(C)cc(C)[nH]c2=O)c1C)C1CCOCC1. The van der Waals surface area contributed by atoms with Crippen LogP contribution in [0.5, 0.6) is 11.5 Å². The molecule has 1 aliphatic carbocycles. The fourth-order valence-electron chi connectivity index (χ4n) is 12.0. The smallest absolute Gasteiger partial charge is 0.253 e. The summed E-state index contributed by atoms with van der Waals surface area (Å²) in [6.07, 6.45) is 10.3. The van der Waals surface area contributed by atoms with Crippen LogP contribution in [-0.4, -0.2) is 149 Å². The van der Waals surface area contributed by atoms with Crippen molar-refractivity contribution in [2.75, 3.05) is 97.5 Å². The second-order valence-electron chi connectivity index (χ2n) is 21.9. The predicted molar refractivity (Wildman–Crippen MR) is 306 cm³/mol. The molecule has 4 N–H and O–H groups in total. The highest BCUT2D eigenvalue weighted by Crippen LogP contribution is 2.37. The Morgan fingerprint density at radius 3 is 2.10 bits per heavy atom. The lowest BCUT2D eigenvalue weighted by atomic mass is 9.83. The normalized spacial score (nSPS) is 19.0. The molecule has 4 aliphatic rings. The minimum atomic E-state index is -0.445. The molecule has 4 atom stereocenters. The summed E-state index contributed by atoms with van der Waals surface area (Å²) in [7, 11) is 1.78. The average molecular weight is 1070 g/mol. The van der Waals surface area contributed by atoms with E-state index in [0.717, 1.165) is 136 Å². The molecule has 4 aromatic rings. The number of H-pyrrole nitrogens is 1. The van der Waals surface area contributed by atoms with E-state index in [1.807, 2.05) is 76.2 Å². The Balaban J connectivity index is 0.731. The number of amides is 3. The first-order valence-corrected chi connectivity index (χ1v) is 29.0. The molecule has 4 fully saturated rings. The highest BCUT2D eigenvalue weighted by molar-refractivity contribution is 5.99. The van der Waals surface area contributed by atoms with Gasteiger partial charge in [0.1, 0.15) is 30.8 Å². The number of hydrogen-bond donors (Lipinski definition) is 4. The second kappa shape index (κ2) is 28.9. The molecule has 0 radical (unpaired) electrons. The third-order valence-corrected chi connectivity index (χ3v) is 16.8. The van der Waals surface area contributed by atoms with Gasteiger partial charge in [-0.1, -0.05) is 43.5 Å². The molecule has 2 unspecified atom stereocenters. The molecule has 16 heteroatoms. The number of pyridine rings is 1. The Kier molecular flexibility index (Phi) is 21.6. The number of nitrogens with one attached hydrogen (secondary N) is 4. The number of anilines is 1. The van der Waals surface area contributed by atoms with Crippen LogP contribution in [0.25, 0.3) is 11.1 Å². The van der Waals surface area contributed by atoms with Gasteiger partial charge in [-0.25, -0.2) is 0 Å². The van der Waals surface area contributed by atoms with E-state index in [9.17, 15) is 19.2 Å². The maximum atomic E-state index is 14.3. The fourth-order valence-corrected chi connectivity index (χ4v) is 12.0. The van der Waals surface area contributed by atoms with Gasteiger partial charge >= 0.3 is 0 Å². The molecule has 424 valence electrons. The number of aryl methyl sites for hydroxylation is 2. The second-order valence-corrected chi connectivity index (χ2v) is 21.9. The van der Waals surface area contributed by atoms with Crippen molar-refractivity contribution in [1.29, 1.82) is 0 Å². The molecule has 4 heterocycles. The molecular formula is C62H87N7O9. The van der Waals surface area contributed by atoms with Gasteiger partial charge in [-0.3, -0.25) is 19.2 Å². The van der Waals surface area contributed by atoms with Crippen LogP contribution in [0.2, 0.25) is 0 Å². The maximum absolute atomic E-state index is 14.3. The Hall–Kier alpha value is -5.78.